The smallest absolute Gasteiger partial charge is 0.240 e. The van der Waals surface area contributed by atoms with E-state index in [0.29, 0.717) is 23.2 Å². The van der Waals surface area contributed by atoms with E-state index in [1.54, 1.807) is 6.92 Å². The first-order chi connectivity index (χ1) is 8.58. The lowest BCUT2D eigenvalue weighted by atomic mass is 10.2. The van der Waals surface area contributed by atoms with Crippen molar-refractivity contribution in [2.45, 2.75) is 20.3 Å². The van der Waals surface area contributed by atoms with Crippen LogP contribution in [0.1, 0.15) is 18.3 Å². The minimum Gasteiger partial charge on any atom is -0.361 e. The molecular weight excluding hydrogens is 252 g/mol. The largest absolute Gasteiger partial charge is 0.361 e. The van der Waals surface area contributed by atoms with Crippen molar-refractivity contribution >= 4 is 23.3 Å². The van der Waals surface area contributed by atoms with Crippen molar-refractivity contribution in [2.24, 2.45) is 0 Å². The first-order valence-electron chi connectivity index (χ1n) is 5.55. The summed E-state index contributed by atoms with van der Waals surface area (Å²) in [4.78, 5) is 19.7. The number of nitrogens with one attached hydrogen (secondary N) is 2. The number of rotatable bonds is 5. The Morgan fingerprint density at radius 2 is 2.22 bits per heavy atom. The van der Waals surface area contributed by atoms with Gasteiger partial charge in [0.15, 0.2) is 0 Å². The number of nitrogens with zero attached hydrogens (tertiary/aromatic N) is 2. The van der Waals surface area contributed by atoms with Gasteiger partial charge in [-0.2, -0.15) is 0 Å². The fourth-order valence-corrected chi connectivity index (χ4v) is 1.74. The van der Waals surface area contributed by atoms with Gasteiger partial charge in [-0.3, -0.25) is 4.79 Å². The van der Waals surface area contributed by atoms with Gasteiger partial charge < -0.3 is 10.6 Å². The van der Waals surface area contributed by atoms with Crippen LogP contribution in [0.15, 0.2) is 0 Å². The molecule has 2 N–H and O–H groups in total. The van der Waals surface area contributed by atoms with Crippen molar-refractivity contribution in [3.63, 3.8) is 0 Å². The third kappa shape index (κ3) is 3.90. The topological polar surface area (TPSA) is 66.9 Å². The molecule has 0 aliphatic heterocycles. The van der Waals surface area contributed by atoms with E-state index >= 15 is 0 Å². The molecule has 6 heteroatoms. The Labute approximate surface area is 111 Å². The molecule has 0 aliphatic rings. The van der Waals surface area contributed by atoms with Gasteiger partial charge in [-0.15, -0.1) is 6.42 Å². The quantitative estimate of drug-likeness (QED) is 0.620. The number of amides is 1. The van der Waals surface area contributed by atoms with Gasteiger partial charge in [0.1, 0.15) is 16.8 Å². The zero-order valence-corrected chi connectivity index (χ0v) is 11.1. The van der Waals surface area contributed by atoms with E-state index in [1.807, 2.05) is 6.92 Å². The van der Waals surface area contributed by atoms with Crippen LogP contribution in [0.4, 0.5) is 5.82 Å². The standard InChI is InChI=1S/C12H15ClN4O/c1-4-6-14-10(18)7-15-12-9(5-2)11(13)16-8(3)17-12/h1H,5-7H2,2-3H3,(H,14,18)(H,15,16,17). The lowest BCUT2D eigenvalue weighted by molar-refractivity contribution is -0.119. The van der Waals surface area contributed by atoms with Crippen LogP contribution in [0.5, 0.6) is 0 Å². The third-order valence-corrected chi connectivity index (χ3v) is 2.54. The number of carbonyl (C=O) groups is 1. The second-order valence-electron chi connectivity index (χ2n) is 3.58. The molecule has 0 atom stereocenters. The van der Waals surface area contributed by atoms with Crippen LogP contribution in [0.25, 0.3) is 0 Å². The second-order valence-corrected chi connectivity index (χ2v) is 3.93. The van der Waals surface area contributed by atoms with E-state index in [4.69, 9.17) is 18.0 Å². The maximum absolute atomic E-state index is 11.4. The fraction of sp³-hybridized carbons (Fsp3) is 0.417. The number of anilines is 1. The van der Waals surface area contributed by atoms with Crippen molar-refractivity contribution in [3.05, 3.63) is 16.5 Å². The second kappa shape index (κ2) is 6.82. The normalized spacial score (nSPS) is 9.67. The van der Waals surface area contributed by atoms with E-state index in [9.17, 15) is 4.79 Å². The highest BCUT2D eigenvalue weighted by Gasteiger charge is 2.10. The Kier molecular flexibility index (Phi) is 5.40. The molecule has 0 unspecified atom stereocenters. The molecule has 96 valence electrons. The predicted octanol–water partition coefficient (Wildman–Crippen LogP) is 1.16. The molecule has 1 rings (SSSR count). The number of aromatic nitrogens is 2. The summed E-state index contributed by atoms with van der Waals surface area (Å²) in [6.45, 7) is 4.00. The number of hydrogen-bond acceptors (Lipinski definition) is 4. The van der Waals surface area contributed by atoms with Gasteiger partial charge in [0.2, 0.25) is 5.91 Å². The summed E-state index contributed by atoms with van der Waals surface area (Å²) in [6, 6.07) is 0. The van der Waals surface area contributed by atoms with Crippen LogP contribution < -0.4 is 10.6 Å². The number of aryl methyl sites for hydroxylation is 1. The molecule has 1 aromatic rings. The van der Waals surface area contributed by atoms with E-state index in [2.05, 4.69) is 26.5 Å². The number of hydrogen-bond donors (Lipinski definition) is 2. The van der Waals surface area contributed by atoms with Crippen molar-refractivity contribution < 1.29 is 4.79 Å². The summed E-state index contributed by atoms with van der Waals surface area (Å²) in [5, 5.41) is 5.91. The summed E-state index contributed by atoms with van der Waals surface area (Å²) < 4.78 is 0. The molecular formula is C12H15ClN4O. The third-order valence-electron chi connectivity index (χ3n) is 2.23. The van der Waals surface area contributed by atoms with Gasteiger partial charge >= 0.3 is 0 Å². The lowest BCUT2D eigenvalue weighted by Gasteiger charge is -2.11. The Bertz CT molecular complexity index is 482. The van der Waals surface area contributed by atoms with Crippen molar-refractivity contribution in [3.8, 4) is 12.3 Å². The first-order valence-corrected chi connectivity index (χ1v) is 5.93. The van der Waals surface area contributed by atoms with Gasteiger partial charge in [0.05, 0.1) is 13.1 Å². The maximum atomic E-state index is 11.4. The average molecular weight is 267 g/mol. The Morgan fingerprint density at radius 3 is 2.83 bits per heavy atom. The molecule has 0 spiro atoms. The van der Waals surface area contributed by atoms with Crippen LogP contribution in [-0.4, -0.2) is 29.0 Å². The van der Waals surface area contributed by atoms with Crippen LogP contribution in [0.2, 0.25) is 5.15 Å². The summed E-state index contributed by atoms with van der Waals surface area (Å²) in [5.74, 6) is 3.29. The molecule has 5 nitrogen and oxygen atoms in total. The highest BCUT2D eigenvalue weighted by Crippen LogP contribution is 2.21. The Hall–Kier alpha value is -1.80. The van der Waals surface area contributed by atoms with Gasteiger partial charge in [-0.05, 0) is 13.3 Å². The zero-order chi connectivity index (χ0) is 13.5. The Morgan fingerprint density at radius 1 is 1.50 bits per heavy atom. The van der Waals surface area contributed by atoms with E-state index < -0.39 is 0 Å². The molecule has 0 aliphatic carbocycles. The summed E-state index contributed by atoms with van der Waals surface area (Å²) >= 11 is 6.02. The number of carbonyl (C=O) groups excluding carboxylic acids is 1. The summed E-state index contributed by atoms with van der Waals surface area (Å²) in [7, 11) is 0. The van der Waals surface area contributed by atoms with Crippen molar-refractivity contribution in [2.75, 3.05) is 18.4 Å². The average Bonchev–Trinajstić information content (AvgIpc) is 2.33. The molecule has 0 fully saturated rings. The number of halogens is 1. The Balaban J connectivity index is 2.72. The molecule has 0 aromatic carbocycles. The van der Waals surface area contributed by atoms with E-state index in [1.165, 1.54) is 0 Å². The van der Waals surface area contributed by atoms with Gasteiger partial charge in [0.25, 0.3) is 0 Å². The highest BCUT2D eigenvalue weighted by atomic mass is 35.5. The van der Waals surface area contributed by atoms with Crippen LogP contribution in [-0.2, 0) is 11.2 Å². The number of terminal acetylenes is 1. The minimum absolute atomic E-state index is 0.0987. The van der Waals surface area contributed by atoms with Crippen molar-refractivity contribution in [1.29, 1.82) is 0 Å². The van der Waals surface area contributed by atoms with E-state index in [-0.39, 0.29) is 19.0 Å². The van der Waals surface area contributed by atoms with Crippen LogP contribution in [0, 0.1) is 19.3 Å². The van der Waals surface area contributed by atoms with Gasteiger partial charge in [0, 0.05) is 5.56 Å². The lowest BCUT2D eigenvalue weighted by Crippen LogP contribution is -2.30. The molecule has 1 aromatic heterocycles. The van der Waals surface area contributed by atoms with E-state index in [0.717, 1.165) is 5.56 Å². The predicted molar refractivity (Wildman–Crippen MR) is 71.5 cm³/mol. The first kappa shape index (κ1) is 14.3. The van der Waals surface area contributed by atoms with Crippen LogP contribution in [0.3, 0.4) is 0 Å². The fourth-order valence-electron chi connectivity index (χ4n) is 1.40. The summed E-state index contributed by atoms with van der Waals surface area (Å²) in [6.07, 6.45) is 5.73. The minimum atomic E-state index is -0.192. The molecule has 1 heterocycles. The molecule has 0 bridgehead atoms. The SMILES string of the molecule is C#CCNC(=O)CNc1nc(C)nc(Cl)c1CC. The zero-order valence-electron chi connectivity index (χ0n) is 10.4. The van der Waals surface area contributed by atoms with Crippen LogP contribution >= 0.6 is 11.6 Å². The molecule has 18 heavy (non-hydrogen) atoms. The molecule has 0 saturated carbocycles. The maximum Gasteiger partial charge on any atom is 0.240 e. The highest BCUT2D eigenvalue weighted by molar-refractivity contribution is 6.30. The molecule has 1 amide bonds. The van der Waals surface area contributed by atoms with Crippen molar-refractivity contribution in [1.82, 2.24) is 15.3 Å². The monoisotopic (exact) mass is 266 g/mol. The molecule has 0 saturated heterocycles. The van der Waals surface area contributed by atoms with Gasteiger partial charge in [-0.1, -0.05) is 24.4 Å². The van der Waals surface area contributed by atoms with Gasteiger partial charge in [-0.25, -0.2) is 9.97 Å². The summed E-state index contributed by atoms with van der Waals surface area (Å²) in [5.41, 5.74) is 0.798. The molecule has 0 radical (unpaired) electrons.